The maximum Gasteiger partial charge on any atom is 0.326 e. The number of carboxylic acid groups (broad SMARTS) is 1. The van der Waals surface area contributed by atoms with Gasteiger partial charge in [-0.1, -0.05) is 18.5 Å². The monoisotopic (exact) mass is 257 g/mol. The first-order valence-electron chi connectivity index (χ1n) is 5.20. The Morgan fingerprint density at radius 3 is 2.76 bits per heavy atom. The van der Waals surface area contributed by atoms with Gasteiger partial charge in [-0.15, -0.1) is 0 Å². The molecule has 0 aromatic heterocycles. The van der Waals surface area contributed by atoms with Crippen molar-refractivity contribution in [3.8, 4) is 11.5 Å². The first-order valence-corrected chi connectivity index (χ1v) is 5.58. The first kappa shape index (κ1) is 11.9. The van der Waals surface area contributed by atoms with Crippen LogP contribution in [0.2, 0.25) is 5.02 Å². The zero-order chi connectivity index (χ0) is 12.4. The van der Waals surface area contributed by atoms with Crippen molar-refractivity contribution in [3.05, 3.63) is 17.2 Å². The van der Waals surface area contributed by atoms with Gasteiger partial charge in [0, 0.05) is 12.1 Å². The van der Waals surface area contributed by atoms with E-state index in [9.17, 15) is 4.79 Å². The smallest absolute Gasteiger partial charge is 0.326 e. The summed E-state index contributed by atoms with van der Waals surface area (Å²) in [5.41, 5.74) is 0.533. The minimum atomic E-state index is -0.916. The van der Waals surface area contributed by atoms with E-state index < -0.39 is 12.0 Å². The number of carbonyl (C=O) groups is 1. The molecule has 1 aliphatic heterocycles. The molecule has 5 nitrogen and oxygen atoms in total. The van der Waals surface area contributed by atoms with Crippen LogP contribution in [0.4, 0.5) is 5.69 Å². The van der Waals surface area contributed by atoms with Crippen LogP contribution in [0.3, 0.4) is 0 Å². The van der Waals surface area contributed by atoms with Crippen LogP contribution in [0.5, 0.6) is 11.5 Å². The number of carboxylic acids is 1. The molecular formula is C11H12ClNO4. The minimum Gasteiger partial charge on any atom is -0.480 e. The van der Waals surface area contributed by atoms with Crippen LogP contribution in [0.1, 0.15) is 13.3 Å². The van der Waals surface area contributed by atoms with E-state index in [1.54, 1.807) is 19.1 Å². The number of anilines is 1. The highest BCUT2D eigenvalue weighted by Crippen LogP contribution is 2.39. The third-order valence-electron chi connectivity index (χ3n) is 2.50. The highest BCUT2D eigenvalue weighted by Gasteiger charge is 2.20. The Bertz CT molecular complexity index is 449. The number of nitrogens with one attached hydrogen (secondary N) is 1. The molecule has 0 saturated carbocycles. The number of halogens is 1. The Kier molecular flexibility index (Phi) is 3.28. The van der Waals surface area contributed by atoms with Crippen molar-refractivity contribution < 1.29 is 19.4 Å². The van der Waals surface area contributed by atoms with Gasteiger partial charge in [-0.3, -0.25) is 0 Å². The Balaban J connectivity index is 2.24. The molecule has 0 radical (unpaired) electrons. The van der Waals surface area contributed by atoms with Crippen LogP contribution < -0.4 is 14.8 Å². The van der Waals surface area contributed by atoms with E-state index in [0.717, 1.165) is 0 Å². The lowest BCUT2D eigenvalue weighted by Gasteiger charge is -2.15. The van der Waals surface area contributed by atoms with Crippen molar-refractivity contribution in [1.29, 1.82) is 0 Å². The molecule has 0 aliphatic carbocycles. The molecule has 0 amide bonds. The van der Waals surface area contributed by atoms with Crippen LogP contribution in [-0.2, 0) is 4.79 Å². The molecule has 1 aliphatic rings. The Morgan fingerprint density at radius 1 is 1.53 bits per heavy atom. The van der Waals surface area contributed by atoms with Crippen LogP contribution in [0, 0.1) is 0 Å². The third-order valence-corrected chi connectivity index (χ3v) is 2.81. The average molecular weight is 258 g/mol. The highest BCUT2D eigenvalue weighted by molar-refractivity contribution is 6.33. The summed E-state index contributed by atoms with van der Waals surface area (Å²) in [5, 5.41) is 12.2. The molecule has 2 rings (SSSR count). The summed E-state index contributed by atoms with van der Waals surface area (Å²) in [6.07, 6.45) is 0.458. The predicted molar refractivity (Wildman–Crippen MR) is 62.9 cm³/mol. The highest BCUT2D eigenvalue weighted by atomic mass is 35.5. The van der Waals surface area contributed by atoms with Crippen LogP contribution >= 0.6 is 11.6 Å². The van der Waals surface area contributed by atoms with Crippen LogP contribution in [0.25, 0.3) is 0 Å². The van der Waals surface area contributed by atoms with Crippen molar-refractivity contribution in [2.75, 3.05) is 12.1 Å². The SMILES string of the molecule is CCC(Nc1cc2c(cc1Cl)OCO2)C(=O)O. The molecule has 1 aromatic rings. The van der Waals surface area contributed by atoms with E-state index in [-0.39, 0.29) is 6.79 Å². The Morgan fingerprint density at radius 2 is 2.18 bits per heavy atom. The Labute approximate surface area is 103 Å². The Hall–Kier alpha value is -1.62. The van der Waals surface area contributed by atoms with Gasteiger partial charge in [-0.05, 0) is 6.42 Å². The van der Waals surface area contributed by atoms with Crippen molar-refractivity contribution in [1.82, 2.24) is 0 Å². The number of benzene rings is 1. The van der Waals surface area contributed by atoms with E-state index in [1.165, 1.54) is 0 Å². The molecule has 0 saturated heterocycles. The number of aliphatic carboxylic acids is 1. The molecule has 1 heterocycles. The van der Waals surface area contributed by atoms with E-state index in [1.807, 2.05) is 0 Å². The maximum atomic E-state index is 10.9. The van der Waals surface area contributed by atoms with Crippen molar-refractivity contribution in [3.63, 3.8) is 0 Å². The van der Waals surface area contributed by atoms with Gasteiger partial charge in [-0.2, -0.15) is 0 Å². The van der Waals surface area contributed by atoms with Gasteiger partial charge in [0.15, 0.2) is 11.5 Å². The summed E-state index contributed by atoms with van der Waals surface area (Å²) in [7, 11) is 0. The fraction of sp³-hybridized carbons (Fsp3) is 0.364. The number of ether oxygens (including phenoxy) is 2. The van der Waals surface area contributed by atoms with Gasteiger partial charge in [0.25, 0.3) is 0 Å². The largest absolute Gasteiger partial charge is 0.480 e. The van der Waals surface area contributed by atoms with Gasteiger partial charge in [0.2, 0.25) is 6.79 Å². The lowest BCUT2D eigenvalue weighted by Crippen LogP contribution is -2.28. The molecule has 1 aromatic carbocycles. The van der Waals surface area contributed by atoms with Crippen LogP contribution in [-0.4, -0.2) is 23.9 Å². The number of rotatable bonds is 4. The van der Waals surface area contributed by atoms with Gasteiger partial charge < -0.3 is 19.9 Å². The number of hydrogen-bond acceptors (Lipinski definition) is 4. The molecule has 1 atom stereocenters. The van der Waals surface area contributed by atoms with Crippen molar-refractivity contribution in [2.45, 2.75) is 19.4 Å². The lowest BCUT2D eigenvalue weighted by molar-refractivity contribution is -0.137. The normalized spacial score (nSPS) is 14.5. The molecule has 0 fully saturated rings. The number of fused-ring (bicyclic) bond motifs is 1. The number of hydrogen-bond donors (Lipinski definition) is 2. The standard InChI is InChI=1S/C11H12ClNO4/c1-2-7(11(14)15)13-8-4-10-9(3-6(8)12)16-5-17-10/h3-4,7,13H,2,5H2,1H3,(H,14,15). The van der Waals surface area contributed by atoms with E-state index in [2.05, 4.69) is 5.32 Å². The zero-order valence-electron chi connectivity index (χ0n) is 9.20. The average Bonchev–Trinajstić information content (AvgIpc) is 2.72. The molecule has 2 N–H and O–H groups in total. The predicted octanol–water partition coefficient (Wildman–Crippen LogP) is 2.34. The van der Waals surface area contributed by atoms with Gasteiger partial charge in [0.05, 0.1) is 10.7 Å². The summed E-state index contributed by atoms with van der Waals surface area (Å²) in [6.45, 7) is 1.94. The third kappa shape index (κ3) is 2.39. The fourth-order valence-electron chi connectivity index (χ4n) is 1.55. The fourth-order valence-corrected chi connectivity index (χ4v) is 1.76. The topological polar surface area (TPSA) is 67.8 Å². The van der Waals surface area contributed by atoms with E-state index >= 15 is 0 Å². The maximum absolute atomic E-state index is 10.9. The summed E-state index contributed by atoms with van der Waals surface area (Å²) >= 11 is 6.02. The molecule has 17 heavy (non-hydrogen) atoms. The summed E-state index contributed by atoms with van der Waals surface area (Å²) < 4.78 is 10.4. The summed E-state index contributed by atoms with van der Waals surface area (Å²) in [6, 6.07) is 2.59. The van der Waals surface area contributed by atoms with Crippen molar-refractivity contribution >= 4 is 23.3 Å². The quantitative estimate of drug-likeness (QED) is 0.867. The minimum absolute atomic E-state index is 0.158. The lowest BCUT2D eigenvalue weighted by atomic mass is 10.2. The van der Waals surface area contributed by atoms with Gasteiger partial charge in [-0.25, -0.2) is 4.79 Å². The molecule has 0 spiro atoms. The second-order valence-electron chi connectivity index (χ2n) is 3.63. The zero-order valence-corrected chi connectivity index (χ0v) is 9.95. The first-order chi connectivity index (χ1) is 8.11. The van der Waals surface area contributed by atoms with Crippen LogP contribution in [0.15, 0.2) is 12.1 Å². The summed E-state index contributed by atoms with van der Waals surface area (Å²) in [4.78, 5) is 10.9. The molecule has 6 heteroatoms. The molecule has 92 valence electrons. The second kappa shape index (κ2) is 4.71. The molecular weight excluding hydrogens is 246 g/mol. The summed E-state index contributed by atoms with van der Waals surface area (Å²) in [5.74, 6) is 0.224. The van der Waals surface area contributed by atoms with E-state index in [0.29, 0.717) is 28.6 Å². The van der Waals surface area contributed by atoms with E-state index in [4.69, 9.17) is 26.2 Å². The van der Waals surface area contributed by atoms with Gasteiger partial charge >= 0.3 is 5.97 Å². The van der Waals surface area contributed by atoms with Gasteiger partial charge in [0.1, 0.15) is 6.04 Å². The molecule has 0 bridgehead atoms. The molecule has 1 unspecified atom stereocenters. The second-order valence-corrected chi connectivity index (χ2v) is 4.04. The van der Waals surface area contributed by atoms with Crippen molar-refractivity contribution in [2.24, 2.45) is 0 Å².